The maximum atomic E-state index is 13.3. The van der Waals surface area contributed by atoms with Gasteiger partial charge in [0.2, 0.25) is 5.75 Å². The standard InChI is InChI=1S/C27H34N2O7/c1-6-28(7-2)13-9-14-29-24(18-16-21(33-3)26(35-5)22(17-18)34-4)23(25(31)27(29)32)20(30)12-11-19-10-8-15-36-19/h8,10-12,15-17,24,31H,6-7,9,13-14H2,1-5H3/b12-11+. The Morgan fingerprint density at radius 2 is 1.81 bits per heavy atom. The monoisotopic (exact) mass is 498 g/mol. The molecular formula is C27H34N2O7. The van der Waals surface area contributed by atoms with E-state index in [4.69, 9.17) is 18.6 Å². The van der Waals surface area contributed by atoms with Crippen molar-refractivity contribution < 1.29 is 33.3 Å². The molecule has 36 heavy (non-hydrogen) atoms. The third-order valence-corrected chi connectivity index (χ3v) is 6.28. The lowest BCUT2D eigenvalue weighted by Gasteiger charge is -2.28. The van der Waals surface area contributed by atoms with Crippen LogP contribution in [0.4, 0.5) is 0 Å². The molecular weight excluding hydrogens is 464 g/mol. The van der Waals surface area contributed by atoms with E-state index >= 15 is 0 Å². The Kier molecular flexibility index (Phi) is 9.19. The topological polar surface area (TPSA) is 102 Å². The van der Waals surface area contributed by atoms with Gasteiger partial charge in [0.1, 0.15) is 5.76 Å². The number of carbonyl (C=O) groups is 2. The van der Waals surface area contributed by atoms with Gasteiger partial charge in [-0.2, -0.15) is 0 Å². The summed E-state index contributed by atoms with van der Waals surface area (Å²) in [5.74, 6) is -0.0254. The number of carbonyl (C=O) groups excluding carboxylic acids is 2. The fraction of sp³-hybridized carbons (Fsp3) is 0.407. The summed E-state index contributed by atoms with van der Waals surface area (Å²) in [7, 11) is 4.49. The van der Waals surface area contributed by atoms with Crippen molar-refractivity contribution in [1.29, 1.82) is 0 Å². The summed E-state index contributed by atoms with van der Waals surface area (Å²) in [6, 6.07) is 5.96. The number of ether oxygens (including phenoxy) is 3. The average molecular weight is 499 g/mol. The van der Waals surface area contributed by atoms with Gasteiger partial charge in [0, 0.05) is 6.54 Å². The van der Waals surface area contributed by atoms with Crippen molar-refractivity contribution in [3.8, 4) is 17.2 Å². The van der Waals surface area contributed by atoms with Crippen LogP contribution in [0, 0.1) is 0 Å². The Hall–Kier alpha value is -3.72. The summed E-state index contributed by atoms with van der Waals surface area (Å²) in [6.45, 7) is 7.08. The zero-order valence-electron chi connectivity index (χ0n) is 21.4. The quantitative estimate of drug-likeness (QED) is 0.413. The van der Waals surface area contributed by atoms with Crippen molar-refractivity contribution in [1.82, 2.24) is 9.80 Å². The summed E-state index contributed by atoms with van der Waals surface area (Å²) < 4.78 is 21.7. The summed E-state index contributed by atoms with van der Waals surface area (Å²) in [6.07, 6.45) is 4.96. The molecule has 2 heterocycles. The van der Waals surface area contributed by atoms with Crippen LogP contribution >= 0.6 is 0 Å². The predicted molar refractivity (Wildman–Crippen MR) is 135 cm³/mol. The van der Waals surface area contributed by atoms with E-state index in [0.29, 0.717) is 41.5 Å². The maximum Gasteiger partial charge on any atom is 0.290 e. The van der Waals surface area contributed by atoms with Gasteiger partial charge in [-0.3, -0.25) is 9.59 Å². The average Bonchev–Trinajstić information content (AvgIpc) is 3.51. The fourth-order valence-corrected chi connectivity index (χ4v) is 4.38. The van der Waals surface area contributed by atoms with Crippen molar-refractivity contribution in [2.75, 3.05) is 47.5 Å². The number of rotatable bonds is 13. The lowest BCUT2D eigenvalue weighted by Crippen LogP contribution is -2.34. The number of benzene rings is 1. The molecule has 1 aromatic carbocycles. The number of amides is 1. The largest absolute Gasteiger partial charge is 0.503 e. The van der Waals surface area contributed by atoms with Crippen molar-refractivity contribution in [3.05, 3.63) is 59.3 Å². The SMILES string of the molecule is CCN(CC)CCCN1C(=O)C(O)=C(C(=O)/C=C/c2ccco2)C1c1cc(OC)c(OC)c(OC)c1. The van der Waals surface area contributed by atoms with E-state index < -0.39 is 23.5 Å². The number of ketones is 1. The highest BCUT2D eigenvalue weighted by Gasteiger charge is 2.43. The molecule has 1 amide bonds. The lowest BCUT2D eigenvalue weighted by molar-refractivity contribution is -0.129. The molecule has 9 heteroatoms. The first-order valence-electron chi connectivity index (χ1n) is 11.9. The van der Waals surface area contributed by atoms with E-state index in [1.54, 1.807) is 24.3 Å². The van der Waals surface area contributed by atoms with Crippen molar-refractivity contribution >= 4 is 17.8 Å². The van der Waals surface area contributed by atoms with Gasteiger partial charge >= 0.3 is 0 Å². The minimum absolute atomic E-state index is 0.0140. The van der Waals surface area contributed by atoms with E-state index in [-0.39, 0.29) is 5.57 Å². The molecule has 1 aliphatic rings. The molecule has 0 bridgehead atoms. The Labute approximate surface area is 211 Å². The molecule has 1 aliphatic heterocycles. The molecule has 0 fully saturated rings. The van der Waals surface area contributed by atoms with Crippen LogP contribution in [0.3, 0.4) is 0 Å². The van der Waals surface area contributed by atoms with Crippen molar-refractivity contribution in [2.45, 2.75) is 26.3 Å². The number of aliphatic hydroxyl groups excluding tert-OH is 1. The van der Waals surface area contributed by atoms with E-state index in [0.717, 1.165) is 19.6 Å². The number of aliphatic hydroxyl groups is 1. The maximum absolute atomic E-state index is 13.3. The van der Waals surface area contributed by atoms with E-state index in [2.05, 4.69) is 18.7 Å². The molecule has 194 valence electrons. The number of allylic oxidation sites excluding steroid dienone is 1. The van der Waals surface area contributed by atoms with Crippen LogP contribution < -0.4 is 14.2 Å². The smallest absolute Gasteiger partial charge is 0.290 e. The van der Waals surface area contributed by atoms with E-state index in [1.807, 2.05) is 0 Å². The molecule has 9 nitrogen and oxygen atoms in total. The van der Waals surface area contributed by atoms with E-state index in [9.17, 15) is 14.7 Å². The van der Waals surface area contributed by atoms with Crippen LogP contribution in [0.1, 0.15) is 37.6 Å². The molecule has 2 aromatic rings. The molecule has 1 N–H and O–H groups in total. The van der Waals surface area contributed by atoms with Gasteiger partial charge in [-0.25, -0.2) is 0 Å². The van der Waals surface area contributed by atoms with Crippen LogP contribution in [0.15, 0.2) is 52.4 Å². The third kappa shape index (κ3) is 5.57. The first kappa shape index (κ1) is 26.9. The molecule has 3 rings (SSSR count). The second-order valence-corrected chi connectivity index (χ2v) is 8.22. The molecule has 0 spiro atoms. The van der Waals surface area contributed by atoms with Gasteiger partial charge in [0.15, 0.2) is 23.0 Å². The van der Waals surface area contributed by atoms with Gasteiger partial charge in [-0.05, 0) is 68.0 Å². The second kappa shape index (κ2) is 12.3. The zero-order valence-corrected chi connectivity index (χ0v) is 21.4. The zero-order chi connectivity index (χ0) is 26.2. The predicted octanol–water partition coefficient (Wildman–Crippen LogP) is 4.02. The van der Waals surface area contributed by atoms with Gasteiger partial charge in [-0.15, -0.1) is 0 Å². The van der Waals surface area contributed by atoms with Crippen LogP contribution in [0.5, 0.6) is 17.2 Å². The molecule has 0 aliphatic carbocycles. The molecule has 0 radical (unpaired) electrons. The van der Waals surface area contributed by atoms with Crippen LogP contribution in [-0.4, -0.2) is 74.1 Å². The molecule has 1 aromatic heterocycles. The third-order valence-electron chi connectivity index (χ3n) is 6.28. The highest BCUT2D eigenvalue weighted by atomic mass is 16.5. The molecule has 0 saturated carbocycles. The lowest BCUT2D eigenvalue weighted by atomic mass is 9.95. The fourth-order valence-electron chi connectivity index (χ4n) is 4.38. The summed E-state index contributed by atoms with van der Waals surface area (Å²) in [5.41, 5.74) is 0.541. The Balaban J connectivity index is 2.04. The Morgan fingerprint density at radius 1 is 1.14 bits per heavy atom. The number of hydrogen-bond acceptors (Lipinski definition) is 8. The summed E-state index contributed by atoms with van der Waals surface area (Å²) >= 11 is 0. The number of hydrogen-bond donors (Lipinski definition) is 1. The van der Waals surface area contributed by atoms with Gasteiger partial charge < -0.3 is 33.5 Å². The summed E-state index contributed by atoms with van der Waals surface area (Å²) in [4.78, 5) is 30.3. The highest BCUT2D eigenvalue weighted by Crippen LogP contribution is 2.45. The normalized spacial score (nSPS) is 15.9. The first-order chi connectivity index (χ1) is 17.4. The van der Waals surface area contributed by atoms with Crippen molar-refractivity contribution in [3.63, 3.8) is 0 Å². The molecule has 1 unspecified atom stereocenters. The van der Waals surface area contributed by atoms with Crippen LogP contribution in [0.25, 0.3) is 6.08 Å². The van der Waals surface area contributed by atoms with Crippen LogP contribution in [0.2, 0.25) is 0 Å². The minimum Gasteiger partial charge on any atom is -0.503 e. The van der Waals surface area contributed by atoms with Crippen molar-refractivity contribution in [2.24, 2.45) is 0 Å². The highest BCUT2D eigenvalue weighted by molar-refractivity contribution is 6.14. The summed E-state index contributed by atoms with van der Waals surface area (Å²) in [5, 5.41) is 10.9. The van der Waals surface area contributed by atoms with Gasteiger partial charge in [0.05, 0.1) is 39.2 Å². The number of methoxy groups -OCH3 is 3. The second-order valence-electron chi connectivity index (χ2n) is 8.22. The minimum atomic E-state index is -0.836. The first-order valence-corrected chi connectivity index (χ1v) is 11.9. The van der Waals surface area contributed by atoms with Gasteiger partial charge in [-0.1, -0.05) is 13.8 Å². The van der Waals surface area contributed by atoms with Crippen LogP contribution in [-0.2, 0) is 9.59 Å². The molecule has 0 saturated heterocycles. The Bertz CT molecular complexity index is 1090. The van der Waals surface area contributed by atoms with E-state index in [1.165, 1.54) is 44.6 Å². The number of nitrogens with zero attached hydrogens (tertiary/aromatic N) is 2. The Morgan fingerprint density at radius 3 is 2.33 bits per heavy atom. The molecule has 1 atom stereocenters. The van der Waals surface area contributed by atoms with Gasteiger partial charge in [0.25, 0.3) is 5.91 Å². The number of furan rings is 1.